The van der Waals surface area contributed by atoms with Crippen LogP contribution in [0.4, 0.5) is 5.13 Å². The Labute approximate surface area is 191 Å². The molecule has 0 radical (unpaired) electrons. The Morgan fingerprint density at radius 2 is 1.45 bits per heavy atom. The highest BCUT2D eigenvalue weighted by Gasteiger charge is 2.18. The SMILES string of the molecule is CCCCCCCC/C=C\CCCCCCC/C=N\S(=O)(=O)c1nnc(NC(C)=O)s1. The molecule has 0 aliphatic carbocycles. The van der Waals surface area contributed by atoms with Crippen LogP contribution in [0.5, 0.6) is 0 Å². The van der Waals surface area contributed by atoms with E-state index in [0.29, 0.717) is 6.42 Å². The van der Waals surface area contributed by atoms with E-state index in [1.54, 1.807) is 0 Å². The lowest BCUT2D eigenvalue weighted by molar-refractivity contribution is -0.114. The molecule has 0 aliphatic rings. The van der Waals surface area contributed by atoms with Gasteiger partial charge in [0.1, 0.15) is 0 Å². The average molecular weight is 471 g/mol. The summed E-state index contributed by atoms with van der Waals surface area (Å²) in [7, 11) is -3.84. The van der Waals surface area contributed by atoms with Crippen LogP contribution in [0.3, 0.4) is 0 Å². The van der Waals surface area contributed by atoms with E-state index in [2.05, 4.69) is 39.0 Å². The predicted octanol–water partition coefficient (Wildman–Crippen LogP) is 6.29. The third-order valence-corrected chi connectivity index (χ3v) is 7.18. The van der Waals surface area contributed by atoms with Crippen LogP contribution in [-0.4, -0.2) is 30.7 Å². The number of hydrogen-bond donors (Lipinski definition) is 1. The number of carbonyl (C=O) groups excluding carboxylic acids is 1. The van der Waals surface area contributed by atoms with Crippen LogP contribution in [-0.2, 0) is 14.8 Å². The summed E-state index contributed by atoms with van der Waals surface area (Å²) in [5, 5.41) is 9.77. The second kappa shape index (κ2) is 17.0. The van der Waals surface area contributed by atoms with E-state index in [1.807, 2.05) is 0 Å². The minimum atomic E-state index is -3.84. The number of unbranched alkanes of at least 4 members (excludes halogenated alkanes) is 12. The van der Waals surface area contributed by atoms with Gasteiger partial charge in [-0.1, -0.05) is 81.8 Å². The quantitative estimate of drug-likeness (QED) is 0.117. The largest absolute Gasteiger partial charge is 0.311 e. The molecule has 1 N–H and O–H groups in total. The molecule has 1 aromatic rings. The molecule has 0 bridgehead atoms. The monoisotopic (exact) mass is 470 g/mol. The zero-order chi connectivity index (χ0) is 22.8. The fraction of sp³-hybridized carbons (Fsp3) is 0.727. The number of aromatic nitrogens is 2. The van der Waals surface area contributed by atoms with Crippen LogP contribution in [0.2, 0.25) is 0 Å². The van der Waals surface area contributed by atoms with Crippen molar-refractivity contribution in [2.24, 2.45) is 4.40 Å². The maximum absolute atomic E-state index is 12.1. The number of rotatable bonds is 18. The molecule has 9 heteroatoms. The lowest BCUT2D eigenvalue weighted by atomic mass is 10.1. The van der Waals surface area contributed by atoms with Gasteiger partial charge in [-0.05, 0) is 38.5 Å². The van der Waals surface area contributed by atoms with E-state index in [1.165, 1.54) is 70.9 Å². The Bertz CT molecular complexity index is 773. The zero-order valence-corrected chi connectivity index (χ0v) is 20.6. The first kappa shape index (κ1) is 27.4. The first-order valence-electron chi connectivity index (χ1n) is 11.5. The van der Waals surface area contributed by atoms with Crippen molar-refractivity contribution in [2.45, 2.75) is 108 Å². The molecular weight excluding hydrogens is 432 g/mol. The number of nitrogens with zero attached hydrogens (tertiary/aromatic N) is 3. The maximum atomic E-state index is 12.1. The molecule has 0 saturated heterocycles. The molecule has 31 heavy (non-hydrogen) atoms. The van der Waals surface area contributed by atoms with Crippen molar-refractivity contribution in [3.8, 4) is 0 Å². The predicted molar refractivity (Wildman–Crippen MR) is 129 cm³/mol. The Kier molecular flexibility index (Phi) is 15.0. The summed E-state index contributed by atoms with van der Waals surface area (Å²) in [5.41, 5.74) is 0. The molecule has 0 aliphatic heterocycles. The van der Waals surface area contributed by atoms with E-state index in [-0.39, 0.29) is 15.4 Å². The molecule has 0 atom stereocenters. The third-order valence-electron chi connectivity index (χ3n) is 4.72. The molecule has 0 spiro atoms. The molecule has 0 unspecified atom stereocenters. The second-order valence-corrected chi connectivity index (χ2v) is 10.5. The van der Waals surface area contributed by atoms with Gasteiger partial charge in [-0.25, -0.2) is 0 Å². The summed E-state index contributed by atoms with van der Waals surface area (Å²) < 4.78 is 27.6. The van der Waals surface area contributed by atoms with Crippen LogP contribution in [0.1, 0.15) is 104 Å². The van der Waals surface area contributed by atoms with Crippen molar-refractivity contribution >= 4 is 38.6 Å². The highest BCUT2D eigenvalue weighted by Crippen LogP contribution is 2.21. The first-order valence-corrected chi connectivity index (χ1v) is 13.8. The van der Waals surface area contributed by atoms with Crippen LogP contribution in [0.25, 0.3) is 0 Å². The van der Waals surface area contributed by atoms with Crippen molar-refractivity contribution < 1.29 is 13.2 Å². The number of carbonyl (C=O) groups is 1. The van der Waals surface area contributed by atoms with Gasteiger partial charge in [0.2, 0.25) is 11.0 Å². The van der Waals surface area contributed by atoms with Gasteiger partial charge in [0.15, 0.2) is 0 Å². The summed E-state index contributed by atoms with van der Waals surface area (Å²) in [6.07, 6.45) is 22.7. The molecule has 1 aromatic heterocycles. The Balaban J connectivity index is 2.03. The van der Waals surface area contributed by atoms with Crippen molar-refractivity contribution in [2.75, 3.05) is 5.32 Å². The van der Waals surface area contributed by atoms with E-state index in [9.17, 15) is 13.2 Å². The van der Waals surface area contributed by atoms with Gasteiger partial charge >= 0.3 is 10.0 Å². The number of hydrogen-bond acceptors (Lipinski definition) is 6. The standard InChI is InChI=1S/C22H38N4O3S2/c1-3-4-5-6-7-8-9-10-11-12-13-14-15-16-17-18-19-23-31(28,29)22-26-25-21(30-22)24-20(2)27/h10-11,19H,3-9,12-18H2,1-2H3,(H,24,25,27)/b11-10-,23-19-. The number of anilines is 1. The van der Waals surface area contributed by atoms with Crippen molar-refractivity contribution in [3.05, 3.63) is 12.2 Å². The third kappa shape index (κ3) is 14.1. The summed E-state index contributed by atoms with van der Waals surface area (Å²) >= 11 is 0.796. The molecule has 0 fully saturated rings. The van der Waals surface area contributed by atoms with Gasteiger partial charge in [0.05, 0.1) is 0 Å². The molecule has 1 amide bonds. The summed E-state index contributed by atoms with van der Waals surface area (Å²) in [5.74, 6) is -0.326. The Morgan fingerprint density at radius 1 is 0.903 bits per heavy atom. The van der Waals surface area contributed by atoms with Gasteiger partial charge in [-0.15, -0.1) is 10.2 Å². The highest BCUT2D eigenvalue weighted by molar-refractivity contribution is 7.92. The van der Waals surface area contributed by atoms with Crippen molar-refractivity contribution in [3.63, 3.8) is 0 Å². The van der Waals surface area contributed by atoms with E-state index in [0.717, 1.165) is 37.0 Å². The van der Waals surface area contributed by atoms with Crippen molar-refractivity contribution in [1.29, 1.82) is 0 Å². The number of amides is 1. The van der Waals surface area contributed by atoms with Crippen LogP contribution in [0, 0.1) is 0 Å². The molecule has 176 valence electrons. The summed E-state index contributed by atoms with van der Waals surface area (Å²) in [4.78, 5) is 11.0. The fourth-order valence-corrected chi connectivity index (χ4v) is 4.86. The second-order valence-electron chi connectivity index (χ2n) is 7.69. The fourth-order valence-electron chi connectivity index (χ4n) is 3.02. The maximum Gasteiger partial charge on any atom is 0.311 e. The molecule has 1 rings (SSSR count). The zero-order valence-electron chi connectivity index (χ0n) is 19.0. The topological polar surface area (TPSA) is 101 Å². The number of sulfonamides is 1. The Morgan fingerprint density at radius 3 is 2.03 bits per heavy atom. The molecule has 0 aromatic carbocycles. The molecular formula is C22H38N4O3S2. The van der Waals surface area contributed by atoms with Crippen LogP contribution in [0.15, 0.2) is 20.9 Å². The first-order chi connectivity index (χ1) is 15.0. The van der Waals surface area contributed by atoms with Gasteiger partial charge in [-0.2, -0.15) is 12.8 Å². The van der Waals surface area contributed by atoms with Crippen LogP contribution < -0.4 is 5.32 Å². The van der Waals surface area contributed by atoms with E-state index >= 15 is 0 Å². The molecule has 1 heterocycles. The molecule has 7 nitrogen and oxygen atoms in total. The van der Waals surface area contributed by atoms with Gasteiger partial charge < -0.3 is 5.32 Å². The average Bonchev–Trinajstić information content (AvgIpc) is 3.19. The minimum Gasteiger partial charge on any atom is -0.301 e. The lowest BCUT2D eigenvalue weighted by Gasteiger charge is -1.99. The van der Waals surface area contributed by atoms with Gasteiger partial charge in [-0.3, -0.25) is 4.79 Å². The molecule has 0 saturated carbocycles. The minimum absolute atomic E-state index is 0.151. The van der Waals surface area contributed by atoms with Crippen molar-refractivity contribution in [1.82, 2.24) is 10.2 Å². The Hall–Kier alpha value is -1.61. The highest BCUT2D eigenvalue weighted by atomic mass is 32.2. The van der Waals surface area contributed by atoms with E-state index < -0.39 is 10.0 Å². The van der Waals surface area contributed by atoms with Gasteiger partial charge in [0.25, 0.3) is 4.34 Å². The number of allylic oxidation sites excluding steroid dienone is 2. The van der Waals surface area contributed by atoms with E-state index in [4.69, 9.17) is 0 Å². The summed E-state index contributed by atoms with van der Waals surface area (Å²) in [6, 6.07) is 0. The van der Waals surface area contributed by atoms with Gasteiger partial charge in [0, 0.05) is 13.1 Å². The normalized spacial score (nSPS) is 12.2. The smallest absolute Gasteiger partial charge is 0.301 e. The van der Waals surface area contributed by atoms with Crippen LogP contribution >= 0.6 is 11.3 Å². The summed E-state index contributed by atoms with van der Waals surface area (Å²) in [6.45, 7) is 3.57. The lowest BCUT2D eigenvalue weighted by Crippen LogP contribution is -2.04. The number of nitrogens with one attached hydrogen (secondary N) is 1.